The van der Waals surface area contributed by atoms with Gasteiger partial charge in [-0.1, -0.05) is 36.4 Å². The van der Waals surface area contributed by atoms with Crippen molar-refractivity contribution in [2.45, 2.75) is 45.5 Å². The fraction of sp³-hybridized carbons (Fsp3) is 0.267. The number of hydrazine groups is 1. The summed E-state index contributed by atoms with van der Waals surface area (Å²) >= 11 is 0. The highest BCUT2D eigenvalue weighted by Crippen LogP contribution is 2.33. The zero-order valence-corrected chi connectivity index (χ0v) is 24.2. The van der Waals surface area contributed by atoms with E-state index in [9.17, 15) is 22.8 Å². The van der Waals surface area contributed by atoms with Crippen molar-refractivity contribution in [3.8, 4) is 11.5 Å². The van der Waals surface area contributed by atoms with Crippen molar-refractivity contribution in [2.24, 2.45) is 5.73 Å². The molecule has 1 atom stereocenters. The molecule has 3 aromatic carbocycles. The van der Waals surface area contributed by atoms with E-state index in [0.29, 0.717) is 34.9 Å². The third-order valence-corrected chi connectivity index (χ3v) is 5.51. The molecule has 0 bridgehead atoms. The molecule has 0 aliphatic heterocycles. The average molecular weight is 618 g/mol. The molecule has 0 saturated carbocycles. The van der Waals surface area contributed by atoms with Crippen molar-refractivity contribution < 1.29 is 42.1 Å². The van der Waals surface area contributed by atoms with Crippen molar-refractivity contribution in [3.63, 3.8) is 0 Å². The summed E-state index contributed by atoms with van der Waals surface area (Å²) in [5, 5.41) is 17.9. The Bertz CT molecular complexity index is 1420. The SMILES string of the molecule is CCOc1cc(C(Nc2ccc(C(=N)N)cc2)C(=O)NNC(=O)Cc2ccccc2)ccc1OC(C)C.O=C(O)C(F)(F)F. The lowest BCUT2D eigenvalue weighted by atomic mass is 10.0. The molecular weight excluding hydrogens is 583 g/mol. The number of ether oxygens (including phenoxy) is 2. The van der Waals surface area contributed by atoms with Crippen LogP contribution in [0, 0.1) is 5.41 Å². The zero-order valence-electron chi connectivity index (χ0n) is 24.2. The van der Waals surface area contributed by atoms with Gasteiger partial charge < -0.3 is 25.6 Å². The molecule has 44 heavy (non-hydrogen) atoms. The number of halogens is 3. The van der Waals surface area contributed by atoms with Crippen LogP contribution in [0.4, 0.5) is 18.9 Å². The van der Waals surface area contributed by atoms with Gasteiger partial charge in [-0.2, -0.15) is 13.2 Å². The van der Waals surface area contributed by atoms with Crippen LogP contribution in [0.2, 0.25) is 0 Å². The number of hydrogen-bond donors (Lipinski definition) is 6. The number of nitrogen functional groups attached to an aromatic ring is 1. The molecule has 3 aromatic rings. The first-order chi connectivity index (χ1) is 20.7. The van der Waals surface area contributed by atoms with E-state index in [1.54, 1.807) is 42.5 Å². The van der Waals surface area contributed by atoms with Crippen LogP contribution >= 0.6 is 0 Å². The molecule has 3 rings (SSSR count). The van der Waals surface area contributed by atoms with Crippen molar-refractivity contribution in [1.82, 2.24) is 10.9 Å². The van der Waals surface area contributed by atoms with Gasteiger partial charge >= 0.3 is 12.1 Å². The Hall–Kier alpha value is -5.27. The number of aliphatic carboxylic acids is 1. The molecule has 0 fully saturated rings. The Morgan fingerprint density at radius 1 is 0.955 bits per heavy atom. The molecular formula is C30H34F3N5O6. The minimum Gasteiger partial charge on any atom is -0.490 e. The van der Waals surface area contributed by atoms with E-state index < -0.39 is 24.1 Å². The summed E-state index contributed by atoms with van der Waals surface area (Å²) in [6.45, 7) is 6.13. The highest BCUT2D eigenvalue weighted by molar-refractivity contribution is 5.95. The smallest absolute Gasteiger partial charge is 0.490 e. The van der Waals surface area contributed by atoms with E-state index in [1.165, 1.54) is 0 Å². The number of carbonyl (C=O) groups excluding carboxylic acids is 2. The summed E-state index contributed by atoms with van der Waals surface area (Å²) in [5.41, 5.74) is 13.2. The van der Waals surface area contributed by atoms with Crippen molar-refractivity contribution in [3.05, 3.63) is 89.5 Å². The predicted molar refractivity (Wildman–Crippen MR) is 157 cm³/mol. The highest BCUT2D eigenvalue weighted by Gasteiger charge is 2.38. The van der Waals surface area contributed by atoms with Gasteiger partial charge in [-0.3, -0.25) is 25.8 Å². The maximum absolute atomic E-state index is 13.3. The maximum atomic E-state index is 13.3. The van der Waals surface area contributed by atoms with Gasteiger partial charge in [-0.15, -0.1) is 0 Å². The molecule has 0 radical (unpaired) electrons. The number of anilines is 1. The molecule has 0 saturated heterocycles. The number of alkyl halides is 3. The van der Waals surface area contributed by atoms with Gasteiger partial charge in [0.1, 0.15) is 11.9 Å². The molecule has 0 aliphatic carbocycles. The minimum absolute atomic E-state index is 0.0518. The van der Waals surface area contributed by atoms with Gasteiger partial charge in [0.25, 0.3) is 5.91 Å². The quantitative estimate of drug-likeness (QED) is 0.105. The van der Waals surface area contributed by atoms with Crippen molar-refractivity contribution >= 4 is 29.3 Å². The normalized spacial score (nSPS) is 11.3. The van der Waals surface area contributed by atoms with Crippen LogP contribution in [-0.2, 0) is 20.8 Å². The lowest BCUT2D eigenvalue weighted by Gasteiger charge is -2.22. The monoisotopic (exact) mass is 617 g/mol. The lowest BCUT2D eigenvalue weighted by molar-refractivity contribution is -0.192. The van der Waals surface area contributed by atoms with Crippen molar-refractivity contribution in [2.75, 3.05) is 11.9 Å². The molecule has 0 heterocycles. The fourth-order valence-electron chi connectivity index (χ4n) is 3.57. The Morgan fingerprint density at radius 3 is 2.09 bits per heavy atom. The van der Waals surface area contributed by atoms with Gasteiger partial charge in [-0.25, -0.2) is 4.79 Å². The second-order valence-electron chi connectivity index (χ2n) is 9.38. The summed E-state index contributed by atoms with van der Waals surface area (Å²) in [4.78, 5) is 34.6. The van der Waals surface area contributed by atoms with Crippen molar-refractivity contribution in [1.29, 1.82) is 5.41 Å². The number of nitrogens with two attached hydrogens (primary N) is 1. The second kappa shape index (κ2) is 16.4. The van der Waals surface area contributed by atoms with E-state index >= 15 is 0 Å². The number of carboxylic acid groups (broad SMARTS) is 1. The van der Waals surface area contributed by atoms with Crippen LogP contribution in [-0.4, -0.2) is 47.6 Å². The number of amides is 2. The first-order valence-electron chi connectivity index (χ1n) is 13.3. The van der Waals surface area contributed by atoms with Gasteiger partial charge in [0.05, 0.1) is 19.1 Å². The summed E-state index contributed by atoms with van der Waals surface area (Å²) in [7, 11) is 0. The topological polar surface area (TPSA) is 176 Å². The largest absolute Gasteiger partial charge is 0.490 e. The summed E-state index contributed by atoms with van der Waals surface area (Å²) in [6, 6.07) is 20.5. The molecule has 11 nitrogen and oxygen atoms in total. The second-order valence-corrected chi connectivity index (χ2v) is 9.38. The molecule has 2 amide bonds. The number of hydrogen-bond acceptors (Lipinski definition) is 7. The van der Waals surface area contributed by atoms with Gasteiger partial charge in [0.2, 0.25) is 5.91 Å². The van der Waals surface area contributed by atoms with Crippen LogP contribution < -0.4 is 31.4 Å². The summed E-state index contributed by atoms with van der Waals surface area (Å²) < 4.78 is 43.4. The minimum atomic E-state index is -5.08. The van der Waals surface area contributed by atoms with Crippen LogP contribution in [0.1, 0.15) is 43.5 Å². The molecule has 1 unspecified atom stereocenters. The Kier molecular flexibility index (Phi) is 13.0. The fourth-order valence-corrected chi connectivity index (χ4v) is 3.57. The Morgan fingerprint density at radius 2 is 1.57 bits per heavy atom. The molecule has 14 heteroatoms. The van der Waals surface area contributed by atoms with E-state index in [0.717, 1.165) is 5.56 Å². The molecule has 7 N–H and O–H groups in total. The summed E-state index contributed by atoms with van der Waals surface area (Å²) in [6.07, 6.45) is -5.01. The third-order valence-electron chi connectivity index (χ3n) is 5.51. The van der Waals surface area contributed by atoms with E-state index in [4.69, 9.17) is 30.5 Å². The Balaban J connectivity index is 0.000000860. The van der Waals surface area contributed by atoms with Crippen LogP contribution in [0.5, 0.6) is 11.5 Å². The maximum Gasteiger partial charge on any atom is 0.490 e. The first-order valence-corrected chi connectivity index (χ1v) is 13.3. The zero-order chi connectivity index (χ0) is 32.9. The number of nitrogens with one attached hydrogen (secondary N) is 4. The third kappa shape index (κ3) is 11.5. The molecule has 236 valence electrons. The van der Waals surface area contributed by atoms with E-state index in [1.807, 2.05) is 51.1 Å². The van der Waals surface area contributed by atoms with E-state index in [2.05, 4.69) is 16.2 Å². The van der Waals surface area contributed by atoms with Gasteiger partial charge in [-0.05, 0) is 68.3 Å². The Labute approximate surface area is 252 Å². The number of carbonyl (C=O) groups is 3. The average Bonchev–Trinajstić information content (AvgIpc) is 2.96. The molecule has 0 aliphatic rings. The number of rotatable bonds is 11. The van der Waals surface area contributed by atoms with Gasteiger partial charge in [0.15, 0.2) is 11.5 Å². The predicted octanol–water partition coefficient (Wildman–Crippen LogP) is 4.33. The number of benzene rings is 3. The highest BCUT2D eigenvalue weighted by atomic mass is 19.4. The van der Waals surface area contributed by atoms with Gasteiger partial charge in [0, 0.05) is 11.3 Å². The lowest BCUT2D eigenvalue weighted by Crippen LogP contribution is -2.46. The number of carboxylic acids is 1. The first kappa shape index (κ1) is 34.9. The van der Waals surface area contributed by atoms with Crippen LogP contribution in [0.15, 0.2) is 72.8 Å². The van der Waals surface area contributed by atoms with Crippen LogP contribution in [0.25, 0.3) is 0 Å². The molecule has 0 aromatic heterocycles. The standard InChI is InChI=1S/C28H33N5O4.C2HF3O2/c1-4-36-24-17-21(12-15-23(24)37-18(2)3)26(31-22-13-10-20(11-14-22)27(29)30)28(35)33-32-25(34)16-19-8-6-5-7-9-19;3-2(4,5)1(6)7/h5-15,17-18,26,31H,4,16H2,1-3H3,(H3,29,30)(H,32,34)(H,33,35);(H,6,7). The van der Waals surface area contributed by atoms with E-state index in [-0.39, 0.29) is 24.3 Å². The van der Waals surface area contributed by atoms with Crippen LogP contribution in [0.3, 0.4) is 0 Å². The summed E-state index contributed by atoms with van der Waals surface area (Å²) in [5.74, 6) is -2.55. The number of amidine groups is 1. The molecule has 0 spiro atoms.